The number of halogens is 1. The molecule has 28 heavy (non-hydrogen) atoms. The number of nitrogens with zero attached hydrogens (tertiary/aromatic N) is 2. The molecule has 1 aliphatic rings. The Kier molecular flexibility index (Phi) is 6.45. The molecule has 0 aliphatic carbocycles. The van der Waals surface area contributed by atoms with Crippen LogP contribution < -0.4 is 0 Å². The maximum absolute atomic E-state index is 13.9. The molecular weight excluding hydrogens is 355 g/mol. The first-order valence-electron chi connectivity index (χ1n) is 9.83. The highest BCUT2D eigenvalue weighted by Gasteiger charge is 2.24. The molecule has 148 valence electrons. The minimum absolute atomic E-state index is 0.0946. The Balaban J connectivity index is 1.56. The van der Waals surface area contributed by atoms with E-state index in [4.69, 9.17) is 0 Å². The van der Waals surface area contributed by atoms with Crippen LogP contribution in [-0.2, 0) is 11.2 Å². The largest absolute Gasteiger partial charge is 0.341 e. The van der Waals surface area contributed by atoms with E-state index in [1.807, 2.05) is 4.90 Å². The van der Waals surface area contributed by atoms with Gasteiger partial charge in [0.05, 0.1) is 5.56 Å². The highest BCUT2D eigenvalue weighted by molar-refractivity contribution is 5.94. The van der Waals surface area contributed by atoms with Crippen molar-refractivity contribution in [1.82, 2.24) is 9.80 Å². The number of hydrogen-bond acceptors (Lipinski definition) is 2. The molecule has 1 aliphatic heterocycles. The molecule has 0 N–H and O–H groups in total. The molecule has 0 bridgehead atoms. The van der Waals surface area contributed by atoms with E-state index >= 15 is 0 Å². The van der Waals surface area contributed by atoms with Gasteiger partial charge in [0, 0.05) is 32.6 Å². The third-order valence-electron chi connectivity index (χ3n) is 5.35. The molecule has 0 unspecified atom stereocenters. The van der Waals surface area contributed by atoms with Gasteiger partial charge in [0.2, 0.25) is 5.91 Å². The molecule has 0 saturated carbocycles. The van der Waals surface area contributed by atoms with Crippen LogP contribution in [0.25, 0.3) is 0 Å². The molecule has 1 saturated heterocycles. The molecule has 2 aromatic carbocycles. The van der Waals surface area contributed by atoms with Crippen molar-refractivity contribution < 1.29 is 14.0 Å². The van der Waals surface area contributed by atoms with Gasteiger partial charge in [-0.2, -0.15) is 0 Å². The second-order valence-corrected chi connectivity index (χ2v) is 7.44. The molecule has 4 nitrogen and oxygen atoms in total. The van der Waals surface area contributed by atoms with Crippen LogP contribution >= 0.6 is 0 Å². The zero-order valence-corrected chi connectivity index (χ0v) is 16.6. The van der Waals surface area contributed by atoms with Crippen molar-refractivity contribution in [3.8, 4) is 0 Å². The number of rotatable bonds is 4. The summed E-state index contributed by atoms with van der Waals surface area (Å²) in [6.07, 6.45) is 1.89. The summed E-state index contributed by atoms with van der Waals surface area (Å²) in [7, 11) is 0. The van der Waals surface area contributed by atoms with Crippen LogP contribution in [0.15, 0.2) is 42.5 Å². The first kappa shape index (κ1) is 20.1. The second-order valence-electron chi connectivity index (χ2n) is 7.44. The van der Waals surface area contributed by atoms with Crippen LogP contribution in [0.1, 0.15) is 39.9 Å². The molecule has 0 spiro atoms. The summed E-state index contributed by atoms with van der Waals surface area (Å²) >= 11 is 0. The molecule has 0 atom stereocenters. The van der Waals surface area contributed by atoms with E-state index in [0.717, 1.165) is 6.42 Å². The molecule has 0 radical (unpaired) electrons. The summed E-state index contributed by atoms with van der Waals surface area (Å²) in [6, 6.07) is 12.4. The van der Waals surface area contributed by atoms with Crippen molar-refractivity contribution in [3.05, 3.63) is 70.5 Å². The third kappa shape index (κ3) is 4.77. The quantitative estimate of drug-likeness (QED) is 0.808. The topological polar surface area (TPSA) is 40.6 Å². The number of carbonyl (C=O) groups is 2. The SMILES string of the molecule is Cc1ccc(CCC(=O)N2CCCN(C(=O)c3ccccc3F)CC2)c(C)c1. The maximum Gasteiger partial charge on any atom is 0.256 e. The molecule has 1 heterocycles. The Morgan fingerprint density at radius 1 is 0.964 bits per heavy atom. The fourth-order valence-electron chi connectivity index (χ4n) is 3.70. The van der Waals surface area contributed by atoms with Gasteiger partial charge < -0.3 is 9.80 Å². The van der Waals surface area contributed by atoms with E-state index in [9.17, 15) is 14.0 Å². The average molecular weight is 382 g/mol. The van der Waals surface area contributed by atoms with E-state index in [1.54, 1.807) is 17.0 Å². The normalized spacial score (nSPS) is 14.7. The van der Waals surface area contributed by atoms with Crippen molar-refractivity contribution in [2.45, 2.75) is 33.1 Å². The highest BCUT2D eigenvalue weighted by Crippen LogP contribution is 2.15. The number of hydrogen-bond donors (Lipinski definition) is 0. The van der Waals surface area contributed by atoms with Gasteiger partial charge >= 0.3 is 0 Å². The van der Waals surface area contributed by atoms with E-state index in [1.165, 1.54) is 28.8 Å². The number of amides is 2. The predicted molar refractivity (Wildman–Crippen MR) is 108 cm³/mol. The standard InChI is InChI=1S/C23H27FN2O2/c1-17-8-9-19(18(2)16-17)10-11-22(27)25-12-5-13-26(15-14-25)23(28)20-6-3-4-7-21(20)24/h3-4,6-9,16H,5,10-15H2,1-2H3. The molecular formula is C23H27FN2O2. The molecule has 2 amide bonds. The molecule has 0 aromatic heterocycles. The Morgan fingerprint density at radius 3 is 2.43 bits per heavy atom. The Bertz CT molecular complexity index is 865. The zero-order chi connectivity index (χ0) is 20.1. The molecule has 3 rings (SSSR count). The minimum Gasteiger partial charge on any atom is -0.341 e. The number of benzene rings is 2. The van der Waals surface area contributed by atoms with Crippen molar-refractivity contribution in [2.24, 2.45) is 0 Å². The third-order valence-corrected chi connectivity index (χ3v) is 5.35. The van der Waals surface area contributed by atoms with Crippen LogP contribution in [0.5, 0.6) is 0 Å². The lowest BCUT2D eigenvalue weighted by atomic mass is 10.0. The second kappa shape index (κ2) is 9.00. The van der Waals surface area contributed by atoms with Crippen LogP contribution in [0.3, 0.4) is 0 Å². The van der Waals surface area contributed by atoms with E-state index < -0.39 is 5.82 Å². The summed E-state index contributed by atoms with van der Waals surface area (Å²) < 4.78 is 13.9. The van der Waals surface area contributed by atoms with Gasteiger partial charge in [-0.25, -0.2) is 4.39 Å². The fraction of sp³-hybridized carbons (Fsp3) is 0.391. The fourth-order valence-corrected chi connectivity index (χ4v) is 3.70. The van der Waals surface area contributed by atoms with Crippen molar-refractivity contribution in [1.29, 1.82) is 0 Å². The van der Waals surface area contributed by atoms with Gasteiger partial charge in [0.1, 0.15) is 5.82 Å². The monoisotopic (exact) mass is 382 g/mol. The molecule has 2 aromatic rings. The van der Waals surface area contributed by atoms with Gasteiger partial charge in [-0.15, -0.1) is 0 Å². The Labute approximate surface area is 166 Å². The predicted octanol–water partition coefficient (Wildman–Crippen LogP) is 3.75. The average Bonchev–Trinajstić information content (AvgIpc) is 2.93. The van der Waals surface area contributed by atoms with Gasteiger partial charge in [0.15, 0.2) is 0 Å². The Hall–Kier alpha value is -2.69. The maximum atomic E-state index is 13.9. The summed E-state index contributed by atoms with van der Waals surface area (Å²) in [5.74, 6) is -0.694. The number of carbonyl (C=O) groups excluding carboxylic acids is 2. The lowest BCUT2D eigenvalue weighted by Crippen LogP contribution is -2.37. The summed E-state index contributed by atoms with van der Waals surface area (Å²) in [4.78, 5) is 28.8. The van der Waals surface area contributed by atoms with Crippen LogP contribution in [0, 0.1) is 19.7 Å². The first-order valence-corrected chi connectivity index (χ1v) is 9.83. The van der Waals surface area contributed by atoms with Gasteiger partial charge in [0.25, 0.3) is 5.91 Å². The summed E-state index contributed by atoms with van der Waals surface area (Å²) in [6.45, 7) is 6.23. The lowest BCUT2D eigenvalue weighted by Gasteiger charge is -2.22. The van der Waals surface area contributed by atoms with Gasteiger partial charge in [-0.3, -0.25) is 9.59 Å². The first-order chi connectivity index (χ1) is 13.5. The van der Waals surface area contributed by atoms with E-state index in [0.29, 0.717) is 39.0 Å². The zero-order valence-electron chi connectivity index (χ0n) is 16.6. The minimum atomic E-state index is -0.502. The van der Waals surface area contributed by atoms with Crippen molar-refractivity contribution >= 4 is 11.8 Å². The van der Waals surface area contributed by atoms with Crippen LogP contribution in [0.2, 0.25) is 0 Å². The molecule has 5 heteroatoms. The summed E-state index contributed by atoms with van der Waals surface area (Å²) in [5, 5.41) is 0. The smallest absolute Gasteiger partial charge is 0.256 e. The van der Waals surface area contributed by atoms with Crippen LogP contribution in [-0.4, -0.2) is 47.8 Å². The van der Waals surface area contributed by atoms with Gasteiger partial charge in [-0.05, 0) is 49.9 Å². The molecule has 1 fully saturated rings. The highest BCUT2D eigenvalue weighted by atomic mass is 19.1. The van der Waals surface area contributed by atoms with Crippen molar-refractivity contribution in [2.75, 3.05) is 26.2 Å². The van der Waals surface area contributed by atoms with Gasteiger partial charge in [-0.1, -0.05) is 35.9 Å². The Morgan fingerprint density at radius 2 is 1.68 bits per heavy atom. The van der Waals surface area contributed by atoms with E-state index in [2.05, 4.69) is 32.0 Å². The number of aryl methyl sites for hydroxylation is 3. The van der Waals surface area contributed by atoms with Crippen molar-refractivity contribution in [3.63, 3.8) is 0 Å². The van der Waals surface area contributed by atoms with E-state index in [-0.39, 0.29) is 17.4 Å². The summed E-state index contributed by atoms with van der Waals surface area (Å²) in [5.41, 5.74) is 3.73. The van der Waals surface area contributed by atoms with Crippen LogP contribution in [0.4, 0.5) is 4.39 Å². The lowest BCUT2D eigenvalue weighted by molar-refractivity contribution is -0.131.